The highest BCUT2D eigenvalue weighted by Gasteiger charge is 2.38. The highest BCUT2D eigenvalue weighted by Crippen LogP contribution is 2.13. The minimum Gasteiger partial charge on any atom is -0.478 e. The van der Waals surface area contributed by atoms with Crippen LogP contribution in [0, 0.1) is 5.92 Å². The molecule has 0 aliphatic heterocycles. The van der Waals surface area contributed by atoms with Crippen molar-refractivity contribution in [2.24, 2.45) is 11.7 Å². The number of allylic oxidation sites excluding steroid dienone is 1. The van der Waals surface area contributed by atoms with Gasteiger partial charge in [-0.15, -0.1) is 0 Å². The maximum absolute atomic E-state index is 12.7. The smallest absolute Gasteiger partial charge is 0.478 e. The van der Waals surface area contributed by atoms with Crippen molar-refractivity contribution in [3.05, 3.63) is 40.8 Å². The van der Waals surface area contributed by atoms with Gasteiger partial charge in [0, 0.05) is 18.8 Å². The first-order chi connectivity index (χ1) is 18.7. The zero-order valence-corrected chi connectivity index (χ0v) is 22.0. The lowest BCUT2D eigenvalue weighted by Crippen LogP contribution is -2.46. The summed E-state index contributed by atoms with van der Waals surface area (Å²) in [5.74, 6) is -5.07. The van der Waals surface area contributed by atoms with Crippen molar-refractivity contribution in [1.82, 2.24) is 15.2 Å². The molecule has 0 fully saturated rings. The van der Waals surface area contributed by atoms with Crippen molar-refractivity contribution < 1.29 is 47.4 Å². The Morgan fingerprint density at radius 3 is 2.20 bits per heavy atom. The molecule has 7 N–H and O–H groups in total. The molecule has 1 heterocycles. The van der Waals surface area contributed by atoms with Crippen LogP contribution in [0.1, 0.15) is 39.5 Å². The Morgan fingerprint density at radius 1 is 1.10 bits per heavy atom. The number of anilines is 1. The van der Waals surface area contributed by atoms with Gasteiger partial charge in [0.25, 0.3) is 5.56 Å². The number of amides is 3. The van der Waals surface area contributed by atoms with Crippen LogP contribution >= 0.6 is 0 Å². The van der Waals surface area contributed by atoms with Gasteiger partial charge in [-0.1, -0.05) is 32.8 Å². The minimum absolute atomic E-state index is 0.0524. The molecule has 1 aromatic rings. The van der Waals surface area contributed by atoms with Crippen molar-refractivity contribution in [3.8, 4) is 0 Å². The number of nitrogens with zero attached hydrogens (tertiary/aromatic N) is 1. The summed E-state index contributed by atoms with van der Waals surface area (Å²) in [6, 6.07) is 1.88. The van der Waals surface area contributed by atoms with E-state index < -0.39 is 41.5 Å². The van der Waals surface area contributed by atoms with Gasteiger partial charge in [-0.2, -0.15) is 13.2 Å². The molecule has 0 saturated heterocycles. The van der Waals surface area contributed by atoms with Gasteiger partial charge in [-0.25, -0.2) is 9.59 Å². The number of carboxylic acids is 2. The molecule has 40 heavy (non-hydrogen) atoms. The highest BCUT2D eigenvalue weighted by molar-refractivity contribution is 5.97. The van der Waals surface area contributed by atoms with Crippen LogP contribution in [0.4, 0.5) is 18.9 Å². The van der Waals surface area contributed by atoms with Crippen LogP contribution in [-0.4, -0.2) is 69.7 Å². The standard InChI is InChI=1S/C22H33N5O6.C2HF3O2/c1-3-15(4-2)13-24-19(29)14-27-11-7-9-17(22(27)33)26-21(32)16(25-18(28)12-23)8-5-6-10-20(30)31;3-2(4,5)1(6)7/h6-7,9-11,15-16H,3-5,8,12-14,23H2,1-2H3,(H,24,29)(H,25,28)(H,26,32)(H,30,31);(H,6,7). The van der Waals surface area contributed by atoms with Crippen molar-refractivity contribution in [2.75, 3.05) is 18.4 Å². The molecule has 1 aromatic heterocycles. The van der Waals surface area contributed by atoms with Crippen LogP contribution in [0.25, 0.3) is 0 Å². The third-order valence-corrected chi connectivity index (χ3v) is 5.30. The van der Waals surface area contributed by atoms with Crippen LogP contribution < -0.4 is 27.2 Å². The zero-order chi connectivity index (χ0) is 30.9. The van der Waals surface area contributed by atoms with Gasteiger partial charge in [-0.3, -0.25) is 19.2 Å². The summed E-state index contributed by atoms with van der Waals surface area (Å²) in [4.78, 5) is 68.8. The topological polar surface area (TPSA) is 210 Å². The van der Waals surface area contributed by atoms with Gasteiger partial charge in [-0.05, 0) is 30.9 Å². The fraction of sp³-hybridized carbons (Fsp3) is 0.500. The first kappa shape index (κ1) is 35.8. The molecule has 0 bridgehead atoms. The summed E-state index contributed by atoms with van der Waals surface area (Å²) in [5.41, 5.74) is 4.67. The van der Waals surface area contributed by atoms with Crippen molar-refractivity contribution in [2.45, 2.75) is 58.3 Å². The van der Waals surface area contributed by atoms with Crippen LogP contribution in [0.3, 0.4) is 0 Å². The molecule has 0 aromatic carbocycles. The van der Waals surface area contributed by atoms with E-state index in [9.17, 15) is 37.1 Å². The number of rotatable bonds is 14. The Hall–Kier alpha value is -4.21. The third kappa shape index (κ3) is 14.7. The molecule has 0 saturated carbocycles. The molecule has 0 radical (unpaired) electrons. The third-order valence-electron chi connectivity index (χ3n) is 5.30. The Balaban J connectivity index is 0.00000191. The van der Waals surface area contributed by atoms with Gasteiger partial charge >= 0.3 is 18.1 Å². The molecule has 16 heteroatoms. The minimum atomic E-state index is -5.08. The van der Waals surface area contributed by atoms with Gasteiger partial charge in [0.05, 0.1) is 6.54 Å². The molecule has 3 amide bonds. The SMILES string of the molecule is CCC(CC)CNC(=O)Cn1cccc(NC(=O)C(CCC=CC(=O)O)NC(=O)CN)c1=O.O=C(O)C(F)(F)F. The van der Waals surface area contributed by atoms with Crippen LogP contribution in [0.5, 0.6) is 0 Å². The van der Waals surface area contributed by atoms with Gasteiger partial charge in [0.2, 0.25) is 17.7 Å². The summed E-state index contributed by atoms with van der Waals surface area (Å²) in [5, 5.41) is 23.5. The predicted octanol–water partition coefficient (Wildman–Crippen LogP) is 0.837. The first-order valence-corrected chi connectivity index (χ1v) is 12.1. The normalized spacial score (nSPS) is 11.8. The zero-order valence-electron chi connectivity index (χ0n) is 22.0. The quantitative estimate of drug-likeness (QED) is 0.173. The second-order valence-electron chi connectivity index (χ2n) is 8.28. The Bertz CT molecular complexity index is 1100. The lowest BCUT2D eigenvalue weighted by molar-refractivity contribution is -0.192. The number of halogens is 3. The molecular weight excluding hydrogens is 543 g/mol. The van der Waals surface area contributed by atoms with Crippen LogP contribution in [0.15, 0.2) is 35.3 Å². The number of carboxylic acid groups (broad SMARTS) is 2. The van der Waals surface area contributed by atoms with E-state index in [1.165, 1.54) is 29.0 Å². The van der Waals surface area contributed by atoms with Gasteiger partial charge in [0.1, 0.15) is 18.3 Å². The summed E-state index contributed by atoms with van der Waals surface area (Å²) in [6.45, 7) is 4.08. The van der Waals surface area contributed by atoms with E-state index in [0.29, 0.717) is 12.5 Å². The van der Waals surface area contributed by atoms with Crippen LogP contribution in [-0.2, 0) is 30.5 Å². The highest BCUT2D eigenvalue weighted by atomic mass is 19.4. The second kappa shape index (κ2) is 18.1. The Morgan fingerprint density at radius 2 is 1.70 bits per heavy atom. The number of nitrogens with one attached hydrogen (secondary N) is 3. The summed E-state index contributed by atoms with van der Waals surface area (Å²) in [6.07, 6.45) is 0.819. The second-order valence-corrected chi connectivity index (χ2v) is 8.28. The summed E-state index contributed by atoms with van der Waals surface area (Å²) < 4.78 is 32.9. The molecule has 13 nitrogen and oxygen atoms in total. The van der Waals surface area contributed by atoms with E-state index in [-0.39, 0.29) is 37.5 Å². The number of aromatic nitrogens is 1. The van der Waals surface area contributed by atoms with Gasteiger partial charge < -0.3 is 36.5 Å². The van der Waals surface area contributed by atoms with E-state index in [2.05, 4.69) is 16.0 Å². The fourth-order valence-corrected chi connectivity index (χ4v) is 2.99. The molecule has 0 spiro atoms. The van der Waals surface area contributed by atoms with Crippen molar-refractivity contribution in [1.29, 1.82) is 0 Å². The number of aliphatic carboxylic acids is 2. The number of carbonyl (C=O) groups is 5. The van der Waals surface area contributed by atoms with Crippen molar-refractivity contribution in [3.63, 3.8) is 0 Å². The lowest BCUT2D eigenvalue weighted by Gasteiger charge is -2.18. The van der Waals surface area contributed by atoms with Gasteiger partial charge in [0.15, 0.2) is 0 Å². The molecule has 224 valence electrons. The number of hydrogen-bond donors (Lipinski definition) is 6. The monoisotopic (exact) mass is 577 g/mol. The van der Waals surface area contributed by atoms with Crippen LogP contribution in [0.2, 0.25) is 0 Å². The van der Waals surface area contributed by atoms with E-state index in [4.69, 9.17) is 20.7 Å². The van der Waals surface area contributed by atoms with E-state index >= 15 is 0 Å². The molecule has 0 aliphatic rings. The molecule has 1 unspecified atom stereocenters. The lowest BCUT2D eigenvalue weighted by atomic mass is 10.0. The summed E-state index contributed by atoms with van der Waals surface area (Å²) in [7, 11) is 0. The molecule has 1 rings (SSSR count). The molecular formula is C24H34F3N5O8. The number of nitrogens with two attached hydrogens (primary N) is 1. The number of hydrogen-bond acceptors (Lipinski definition) is 7. The summed E-state index contributed by atoms with van der Waals surface area (Å²) >= 11 is 0. The number of carbonyl (C=O) groups excluding carboxylic acids is 3. The maximum atomic E-state index is 12.7. The number of pyridine rings is 1. The van der Waals surface area contributed by atoms with E-state index in [1.807, 2.05) is 13.8 Å². The Labute approximate surface area is 227 Å². The maximum Gasteiger partial charge on any atom is 0.490 e. The number of alkyl halides is 3. The largest absolute Gasteiger partial charge is 0.490 e. The fourth-order valence-electron chi connectivity index (χ4n) is 2.99. The first-order valence-electron chi connectivity index (χ1n) is 12.1. The van der Waals surface area contributed by atoms with Crippen molar-refractivity contribution >= 4 is 35.3 Å². The predicted molar refractivity (Wildman–Crippen MR) is 137 cm³/mol. The molecule has 1 atom stereocenters. The van der Waals surface area contributed by atoms with E-state index in [1.54, 1.807) is 0 Å². The average Bonchev–Trinajstić information content (AvgIpc) is 2.88. The van der Waals surface area contributed by atoms with E-state index in [0.717, 1.165) is 18.9 Å². The molecule has 0 aliphatic carbocycles. The average molecular weight is 578 g/mol. The Kier molecular flexibility index (Phi) is 16.2.